The number of hydrogen-bond acceptors (Lipinski definition) is 5. The van der Waals surface area contributed by atoms with Gasteiger partial charge in [0.15, 0.2) is 5.69 Å². The Morgan fingerprint density at radius 2 is 1.68 bits per heavy atom. The second-order valence-electron chi connectivity index (χ2n) is 5.32. The average molecular weight is 402 g/mol. The SMILES string of the molecule is O=C(Nc1nc(-c2ccccc2C(F)(F)F)no1)c1cccnc1C(F)(F)F. The van der Waals surface area contributed by atoms with Crippen molar-refractivity contribution in [2.24, 2.45) is 0 Å². The number of anilines is 1. The maximum atomic E-state index is 13.1. The maximum Gasteiger partial charge on any atom is 0.434 e. The Balaban J connectivity index is 1.89. The molecule has 0 unspecified atom stereocenters. The molecule has 0 radical (unpaired) electrons. The van der Waals surface area contributed by atoms with Crippen molar-refractivity contribution in [3.8, 4) is 11.4 Å². The molecule has 0 aliphatic carbocycles. The van der Waals surface area contributed by atoms with Crippen LogP contribution in [0.15, 0.2) is 47.1 Å². The number of nitrogens with one attached hydrogen (secondary N) is 1. The van der Waals surface area contributed by atoms with E-state index in [9.17, 15) is 31.1 Å². The molecule has 0 bridgehead atoms. The van der Waals surface area contributed by atoms with Crippen molar-refractivity contribution in [2.45, 2.75) is 12.4 Å². The molecule has 0 atom stereocenters. The predicted molar refractivity (Wildman–Crippen MR) is 81.9 cm³/mol. The summed E-state index contributed by atoms with van der Waals surface area (Å²) in [6.07, 6.45) is -8.73. The molecule has 12 heteroatoms. The third kappa shape index (κ3) is 3.94. The van der Waals surface area contributed by atoms with Gasteiger partial charge in [-0.3, -0.25) is 15.1 Å². The number of hydrogen-bond donors (Lipinski definition) is 1. The summed E-state index contributed by atoms with van der Waals surface area (Å²) in [7, 11) is 0. The first kappa shape index (κ1) is 19.3. The largest absolute Gasteiger partial charge is 0.434 e. The number of aromatic nitrogens is 3. The Bertz CT molecular complexity index is 1010. The van der Waals surface area contributed by atoms with E-state index in [2.05, 4.69) is 19.6 Å². The highest BCUT2D eigenvalue weighted by molar-refractivity contribution is 6.04. The van der Waals surface area contributed by atoms with Crippen LogP contribution in [0.25, 0.3) is 11.4 Å². The number of halogens is 6. The topological polar surface area (TPSA) is 80.9 Å². The van der Waals surface area contributed by atoms with Gasteiger partial charge in [0.25, 0.3) is 5.91 Å². The van der Waals surface area contributed by atoms with Gasteiger partial charge in [-0.05, 0) is 18.2 Å². The molecular weight excluding hydrogens is 394 g/mol. The highest BCUT2D eigenvalue weighted by Gasteiger charge is 2.37. The summed E-state index contributed by atoms with van der Waals surface area (Å²) in [6, 6.07) is 5.68. The van der Waals surface area contributed by atoms with Gasteiger partial charge in [0.05, 0.1) is 11.1 Å². The van der Waals surface area contributed by atoms with Gasteiger partial charge in [-0.15, -0.1) is 0 Å². The zero-order valence-corrected chi connectivity index (χ0v) is 13.5. The Morgan fingerprint density at radius 3 is 2.36 bits per heavy atom. The number of carbonyl (C=O) groups excluding carboxylic acids is 1. The van der Waals surface area contributed by atoms with Crippen LogP contribution in [0.4, 0.5) is 32.4 Å². The van der Waals surface area contributed by atoms with Crippen LogP contribution < -0.4 is 5.32 Å². The van der Waals surface area contributed by atoms with Crippen LogP contribution >= 0.6 is 0 Å². The van der Waals surface area contributed by atoms with Crippen molar-refractivity contribution in [3.05, 3.63) is 59.4 Å². The lowest BCUT2D eigenvalue weighted by atomic mass is 10.1. The van der Waals surface area contributed by atoms with Crippen molar-refractivity contribution in [1.29, 1.82) is 0 Å². The molecule has 0 aliphatic rings. The van der Waals surface area contributed by atoms with Crippen LogP contribution in [0.2, 0.25) is 0 Å². The van der Waals surface area contributed by atoms with Gasteiger partial charge in [0, 0.05) is 11.8 Å². The van der Waals surface area contributed by atoms with Gasteiger partial charge in [-0.25, -0.2) is 0 Å². The van der Waals surface area contributed by atoms with E-state index in [-0.39, 0.29) is 0 Å². The molecule has 3 rings (SSSR count). The number of alkyl halides is 6. The molecule has 28 heavy (non-hydrogen) atoms. The molecule has 0 aliphatic heterocycles. The molecular formula is C16H8F6N4O2. The average Bonchev–Trinajstić information content (AvgIpc) is 3.08. The Morgan fingerprint density at radius 1 is 0.964 bits per heavy atom. The summed E-state index contributed by atoms with van der Waals surface area (Å²) in [6.45, 7) is 0. The lowest BCUT2D eigenvalue weighted by Crippen LogP contribution is -2.20. The van der Waals surface area contributed by atoms with Crippen LogP contribution in [0, 0.1) is 0 Å². The molecule has 0 saturated carbocycles. The van der Waals surface area contributed by atoms with Crippen LogP contribution in [-0.4, -0.2) is 21.0 Å². The van der Waals surface area contributed by atoms with Crippen LogP contribution in [0.5, 0.6) is 0 Å². The zero-order chi connectivity index (χ0) is 20.5. The molecule has 1 N–H and O–H groups in total. The summed E-state index contributed by atoms with van der Waals surface area (Å²) in [5.41, 5.74) is -3.71. The van der Waals surface area contributed by atoms with Gasteiger partial charge in [0.2, 0.25) is 5.82 Å². The lowest BCUT2D eigenvalue weighted by molar-refractivity contribution is -0.141. The second-order valence-corrected chi connectivity index (χ2v) is 5.32. The molecule has 0 saturated heterocycles. The van der Waals surface area contributed by atoms with Crippen molar-refractivity contribution in [1.82, 2.24) is 15.1 Å². The summed E-state index contributed by atoms with van der Waals surface area (Å²) in [4.78, 5) is 18.8. The fraction of sp³-hybridized carbons (Fsp3) is 0.125. The highest BCUT2D eigenvalue weighted by Crippen LogP contribution is 2.36. The molecule has 1 amide bonds. The number of pyridine rings is 1. The lowest BCUT2D eigenvalue weighted by Gasteiger charge is -2.10. The summed E-state index contributed by atoms with van der Waals surface area (Å²) < 4.78 is 82.6. The first-order valence-corrected chi connectivity index (χ1v) is 7.41. The van der Waals surface area contributed by atoms with Crippen LogP contribution in [-0.2, 0) is 12.4 Å². The molecule has 0 spiro atoms. The molecule has 3 aromatic rings. The molecule has 2 aromatic heterocycles. The van der Waals surface area contributed by atoms with Crippen molar-refractivity contribution in [3.63, 3.8) is 0 Å². The smallest absolute Gasteiger partial charge is 0.315 e. The van der Waals surface area contributed by atoms with Crippen molar-refractivity contribution in [2.75, 3.05) is 5.32 Å². The molecule has 0 fully saturated rings. The Labute approximate surface area is 152 Å². The minimum Gasteiger partial charge on any atom is -0.315 e. The van der Waals surface area contributed by atoms with Gasteiger partial charge in [-0.1, -0.05) is 23.4 Å². The summed E-state index contributed by atoms with van der Waals surface area (Å²) in [5.74, 6) is -1.76. The minimum atomic E-state index is -4.89. The normalized spacial score (nSPS) is 12.1. The third-order valence-electron chi connectivity index (χ3n) is 3.44. The third-order valence-corrected chi connectivity index (χ3v) is 3.44. The number of rotatable bonds is 3. The predicted octanol–water partition coefficient (Wildman–Crippen LogP) is 4.42. The number of amides is 1. The summed E-state index contributed by atoms with van der Waals surface area (Å²) in [5, 5.41) is 5.26. The van der Waals surface area contributed by atoms with Gasteiger partial charge in [0.1, 0.15) is 0 Å². The van der Waals surface area contributed by atoms with E-state index in [0.29, 0.717) is 0 Å². The van der Waals surface area contributed by atoms with E-state index in [0.717, 1.165) is 36.5 Å². The number of benzene rings is 1. The van der Waals surface area contributed by atoms with Gasteiger partial charge >= 0.3 is 18.4 Å². The van der Waals surface area contributed by atoms with Crippen molar-refractivity contribution < 1.29 is 35.7 Å². The van der Waals surface area contributed by atoms with E-state index < -0.39 is 52.5 Å². The Hall–Kier alpha value is -3.44. The monoisotopic (exact) mass is 402 g/mol. The fourth-order valence-corrected chi connectivity index (χ4v) is 2.29. The fourth-order valence-electron chi connectivity index (χ4n) is 2.29. The number of carbonyl (C=O) groups is 1. The van der Waals surface area contributed by atoms with Gasteiger partial charge < -0.3 is 4.52 Å². The van der Waals surface area contributed by atoms with Crippen molar-refractivity contribution >= 4 is 11.9 Å². The van der Waals surface area contributed by atoms with E-state index in [1.54, 1.807) is 0 Å². The van der Waals surface area contributed by atoms with Crippen LogP contribution in [0.1, 0.15) is 21.6 Å². The first-order valence-electron chi connectivity index (χ1n) is 7.41. The van der Waals surface area contributed by atoms with E-state index in [1.165, 1.54) is 6.07 Å². The first-order chi connectivity index (χ1) is 13.1. The zero-order valence-electron chi connectivity index (χ0n) is 13.5. The van der Waals surface area contributed by atoms with E-state index >= 15 is 0 Å². The van der Waals surface area contributed by atoms with Crippen LogP contribution in [0.3, 0.4) is 0 Å². The maximum absolute atomic E-state index is 13.1. The highest BCUT2D eigenvalue weighted by atomic mass is 19.4. The number of nitrogens with zero attached hydrogens (tertiary/aromatic N) is 3. The summed E-state index contributed by atoms with van der Waals surface area (Å²) >= 11 is 0. The van der Waals surface area contributed by atoms with E-state index in [4.69, 9.17) is 0 Å². The van der Waals surface area contributed by atoms with E-state index in [1.807, 2.05) is 5.32 Å². The molecule has 1 aromatic carbocycles. The van der Waals surface area contributed by atoms with Gasteiger partial charge in [-0.2, -0.15) is 31.3 Å². The standard InChI is InChI=1S/C16H8F6N4O2/c17-15(18,19)10-6-2-1-4-8(10)12-24-14(28-26-12)25-13(27)9-5-3-7-23-11(9)16(20,21)22/h1-7H,(H,24,25,26,27). The quantitative estimate of drug-likeness (QED) is 0.656. The Kier molecular flexibility index (Phi) is 4.79. The second kappa shape index (κ2) is 6.94. The molecule has 2 heterocycles. The molecule has 146 valence electrons. The molecule has 6 nitrogen and oxygen atoms in total. The minimum absolute atomic E-state index is 0.420.